The number of ether oxygens (including phenoxy) is 1. The second kappa shape index (κ2) is 4.28. The topological polar surface area (TPSA) is 70.3 Å². The van der Waals surface area contributed by atoms with Gasteiger partial charge in [-0.2, -0.15) is 5.26 Å². The van der Waals surface area contributed by atoms with Gasteiger partial charge in [-0.25, -0.2) is 4.79 Å². The van der Waals surface area contributed by atoms with Gasteiger partial charge in [0.25, 0.3) is 0 Å². The molecule has 0 atom stereocenters. The molecular weight excluding hydrogens is 182 g/mol. The molecule has 0 spiro atoms. The lowest BCUT2D eigenvalue weighted by molar-refractivity contribution is 0.0696. The van der Waals surface area contributed by atoms with Crippen LogP contribution in [0, 0.1) is 11.3 Å². The summed E-state index contributed by atoms with van der Waals surface area (Å²) in [6.07, 6.45) is 0. The van der Waals surface area contributed by atoms with Crippen LogP contribution in [0.25, 0.3) is 0 Å². The molecule has 0 aliphatic carbocycles. The fourth-order valence-electron chi connectivity index (χ4n) is 1.02. The first-order valence-electron chi connectivity index (χ1n) is 4.09. The van der Waals surface area contributed by atoms with Crippen molar-refractivity contribution >= 4 is 5.97 Å². The van der Waals surface area contributed by atoms with Crippen molar-refractivity contribution in [1.82, 2.24) is 0 Å². The molecule has 0 aromatic heterocycles. The molecule has 0 saturated carbocycles. The van der Waals surface area contributed by atoms with Crippen LogP contribution >= 0.6 is 0 Å². The van der Waals surface area contributed by atoms with Gasteiger partial charge >= 0.3 is 5.97 Å². The summed E-state index contributed by atoms with van der Waals surface area (Å²) >= 11 is 0. The predicted octanol–water partition coefficient (Wildman–Crippen LogP) is 1.66. The van der Waals surface area contributed by atoms with Crippen LogP contribution in [0.2, 0.25) is 0 Å². The zero-order chi connectivity index (χ0) is 10.6. The minimum Gasteiger partial charge on any atom is -0.492 e. The van der Waals surface area contributed by atoms with E-state index in [1.54, 1.807) is 6.92 Å². The summed E-state index contributed by atoms with van der Waals surface area (Å²) in [5, 5.41) is 17.4. The van der Waals surface area contributed by atoms with Crippen LogP contribution in [0.15, 0.2) is 18.2 Å². The van der Waals surface area contributed by atoms with Gasteiger partial charge < -0.3 is 9.84 Å². The summed E-state index contributed by atoms with van der Waals surface area (Å²) in [4.78, 5) is 10.6. The van der Waals surface area contributed by atoms with Crippen molar-refractivity contribution in [1.29, 1.82) is 5.26 Å². The third-order valence-electron chi connectivity index (χ3n) is 1.65. The van der Waals surface area contributed by atoms with Gasteiger partial charge in [0.15, 0.2) is 0 Å². The van der Waals surface area contributed by atoms with E-state index in [0.29, 0.717) is 17.9 Å². The van der Waals surface area contributed by atoms with Crippen LogP contribution in [0.5, 0.6) is 5.75 Å². The minimum absolute atomic E-state index is 0.118. The fourth-order valence-corrected chi connectivity index (χ4v) is 1.02. The summed E-state index contributed by atoms with van der Waals surface area (Å²) in [7, 11) is 0. The van der Waals surface area contributed by atoms with Gasteiger partial charge in [-0.05, 0) is 25.1 Å². The molecule has 1 aromatic carbocycles. The monoisotopic (exact) mass is 191 g/mol. The lowest BCUT2D eigenvalue weighted by atomic mass is 10.1. The Morgan fingerprint density at radius 2 is 2.36 bits per heavy atom. The van der Waals surface area contributed by atoms with Crippen LogP contribution in [0.1, 0.15) is 22.8 Å². The van der Waals surface area contributed by atoms with Gasteiger partial charge in [-0.3, -0.25) is 0 Å². The lowest BCUT2D eigenvalue weighted by Gasteiger charge is -2.05. The highest BCUT2D eigenvalue weighted by Gasteiger charge is 2.08. The maximum Gasteiger partial charge on any atom is 0.335 e. The SMILES string of the molecule is CCOc1cc(C(=O)O)ccc1C#N. The van der Waals surface area contributed by atoms with Crippen LogP contribution in [-0.2, 0) is 0 Å². The molecule has 0 radical (unpaired) electrons. The Bertz CT molecular complexity index is 393. The highest BCUT2D eigenvalue weighted by molar-refractivity contribution is 5.88. The van der Waals surface area contributed by atoms with Crippen molar-refractivity contribution in [3.05, 3.63) is 29.3 Å². The average molecular weight is 191 g/mol. The molecule has 0 heterocycles. The van der Waals surface area contributed by atoms with Crippen molar-refractivity contribution < 1.29 is 14.6 Å². The van der Waals surface area contributed by atoms with E-state index in [-0.39, 0.29) is 5.56 Å². The Hall–Kier alpha value is -2.02. The van der Waals surface area contributed by atoms with Crippen molar-refractivity contribution in [2.45, 2.75) is 6.92 Å². The van der Waals surface area contributed by atoms with E-state index >= 15 is 0 Å². The number of nitriles is 1. The number of nitrogens with zero attached hydrogens (tertiary/aromatic N) is 1. The number of rotatable bonds is 3. The van der Waals surface area contributed by atoms with Gasteiger partial charge in [-0.15, -0.1) is 0 Å². The van der Waals surface area contributed by atoms with Crippen molar-refractivity contribution in [3.63, 3.8) is 0 Å². The van der Waals surface area contributed by atoms with Crippen LogP contribution < -0.4 is 4.74 Å². The van der Waals surface area contributed by atoms with Gasteiger partial charge in [-0.1, -0.05) is 0 Å². The van der Waals surface area contributed by atoms with Crippen LogP contribution in [-0.4, -0.2) is 17.7 Å². The molecule has 0 amide bonds. The summed E-state index contributed by atoms with van der Waals surface area (Å²) in [6, 6.07) is 6.10. The average Bonchev–Trinajstić information content (AvgIpc) is 2.18. The first-order chi connectivity index (χ1) is 6.69. The number of hydrogen-bond acceptors (Lipinski definition) is 3. The summed E-state index contributed by atoms with van der Waals surface area (Å²) in [5.41, 5.74) is 0.462. The van der Waals surface area contributed by atoms with Crippen molar-refractivity contribution in [2.75, 3.05) is 6.61 Å². The molecule has 0 aliphatic heterocycles. The molecule has 0 unspecified atom stereocenters. The zero-order valence-corrected chi connectivity index (χ0v) is 7.65. The third-order valence-corrected chi connectivity index (χ3v) is 1.65. The van der Waals surface area contributed by atoms with E-state index in [1.807, 2.05) is 6.07 Å². The molecular formula is C10H9NO3. The van der Waals surface area contributed by atoms with E-state index in [2.05, 4.69) is 0 Å². The molecule has 1 aromatic rings. The number of carboxylic acid groups (broad SMARTS) is 1. The molecule has 4 nitrogen and oxygen atoms in total. The minimum atomic E-state index is -1.03. The van der Waals surface area contributed by atoms with Crippen LogP contribution in [0.3, 0.4) is 0 Å². The van der Waals surface area contributed by atoms with Crippen LogP contribution in [0.4, 0.5) is 0 Å². The predicted molar refractivity (Wildman–Crippen MR) is 49.3 cm³/mol. The highest BCUT2D eigenvalue weighted by Crippen LogP contribution is 2.19. The summed E-state index contributed by atoms with van der Waals surface area (Å²) in [6.45, 7) is 2.17. The first kappa shape index (κ1) is 10.1. The van der Waals surface area contributed by atoms with E-state index in [1.165, 1.54) is 18.2 Å². The number of carbonyl (C=O) groups is 1. The Morgan fingerprint density at radius 3 is 2.86 bits per heavy atom. The maximum absolute atomic E-state index is 10.6. The molecule has 0 bridgehead atoms. The normalized spacial score (nSPS) is 9.14. The number of carboxylic acids is 1. The first-order valence-corrected chi connectivity index (χ1v) is 4.09. The molecule has 14 heavy (non-hydrogen) atoms. The van der Waals surface area contributed by atoms with Gasteiger partial charge in [0.2, 0.25) is 0 Å². The molecule has 72 valence electrons. The van der Waals surface area contributed by atoms with Gasteiger partial charge in [0.05, 0.1) is 17.7 Å². The number of aromatic carboxylic acids is 1. The van der Waals surface area contributed by atoms with Crippen molar-refractivity contribution in [3.8, 4) is 11.8 Å². The van der Waals surface area contributed by atoms with Gasteiger partial charge in [0.1, 0.15) is 11.8 Å². The highest BCUT2D eigenvalue weighted by atomic mass is 16.5. The fraction of sp³-hybridized carbons (Fsp3) is 0.200. The molecule has 0 aliphatic rings. The largest absolute Gasteiger partial charge is 0.492 e. The molecule has 4 heteroatoms. The lowest BCUT2D eigenvalue weighted by Crippen LogP contribution is -2.00. The molecule has 1 rings (SSSR count). The van der Waals surface area contributed by atoms with E-state index in [9.17, 15) is 4.79 Å². The summed E-state index contributed by atoms with van der Waals surface area (Å²) in [5.74, 6) is -0.717. The van der Waals surface area contributed by atoms with E-state index < -0.39 is 5.97 Å². The second-order valence-corrected chi connectivity index (χ2v) is 2.56. The Morgan fingerprint density at radius 1 is 1.64 bits per heavy atom. The standard InChI is InChI=1S/C10H9NO3/c1-2-14-9-5-7(10(12)13)3-4-8(9)6-11/h3-5H,2H2,1H3,(H,12,13). The Labute approximate surface area is 81.4 Å². The van der Waals surface area contributed by atoms with Gasteiger partial charge in [0, 0.05) is 0 Å². The Balaban J connectivity index is 3.15. The Kier molecular flexibility index (Phi) is 3.08. The quantitative estimate of drug-likeness (QED) is 0.788. The van der Waals surface area contributed by atoms with Crippen molar-refractivity contribution in [2.24, 2.45) is 0 Å². The van der Waals surface area contributed by atoms with E-state index in [4.69, 9.17) is 15.1 Å². The molecule has 0 saturated heterocycles. The second-order valence-electron chi connectivity index (χ2n) is 2.56. The van der Waals surface area contributed by atoms with E-state index in [0.717, 1.165) is 0 Å². The number of benzene rings is 1. The molecule has 1 N–H and O–H groups in total. The number of hydrogen-bond donors (Lipinski definition) is 1. The third kappa shape index (κ3) is 2.02. The smallest absolute Gasteiger partial charge is 0.335 e. The molecule has 0 fully saturated rings. The zero-order valence-electron chi connectivity index (χ0n) is 7.65. The summed E-state index contributed by atoms with van der Waals surface area (Å²) < 4.78 is 5.13. The maximum atomic E-state index is 10.6.